The van der Waals surface area contributed by atoms with Gasteiger partial charge in [0, 0.05) is 28.4 Å². The summed E-state index contributed by atoms with van der Waals surface area (Å²) >= 11 is 0. The van der Waals surface area contributed by atoms with Gasteiger partial charge in [-0.05, 0) is 42.0 Å². The predicted molar refractivity (Wildman–Crippen MR) is 103 cm³/mol. The number of carbonyl (C=O) groups is 1. The van der Waals surface area contributed by atoms with Gasteiger partial charge in [-0.1, -0.05) is 30.3 Å². The van der Waals surface area contributed by atoms with Crippen molar-refractivity contribution in [3.63, 3.8) is 0 Å². The molecule has 4 rings (SSSR count). The molecule has 0 atom stereocenters. The van der Waals surface area contributed by atoms with Crippen molar-refractivity contribution in [3.05, 3.63) is 89.9 Å². The van der Waals surface area contributed by atoms with Gasteiger partial charge in [0.2, 0.25) is 0 Å². The lowest BCUT2D eigenvalue weighted by Crippen LogP contribution is -2.04. The van der Waals surface area contributed by atoms with E-state index in [1.54, 1.807) is 42.7 Å². The van der Waals surface area contributed by atoms with Gasteiger partial charge in [0.1, 0.15) is 0 Å². The Balaban J connectivity index is 1.86. The Kier molecular flexibility index (Phi) is 4.03. The van der Waals surface area contributed by atoms with E-state index in [2.05, 4.69) is 15.2 Å². The predicted octanol–water partition coefficient (Wildman–Crippen LogP) is 3.96. The van der Waals surface area contributed by atoms with Crippen LogP contribution in [0.3, 0.4) is 0 Å². The maximum absolute atomic E-state index is 13.2. The molecule has 0 unspecified atom stereocenters. The number of carbonyl (C=O) groups excluding carboxylic acids is 1. The summed E-state index contributed by atoms with van der Waals surface area (Å²) in [4.78, 5) is 17.5. The van der Waals surface area contributed by atoms with E-state index in [-0.39, 0.29) is 5.78 Å². The molecule has 0 radical (unpaired) electrons. The summed E-state index contributed by atoms with van der Waals surface area (Å²) in [7, 11) is 0. The molecule has 126 valence electrons. The molecule has 3 N–H and O–H groups in total. The molecule has 0 aliphatic carbocycles. The van der Waals surface area contributed by atoms with Gasteiger partial charge < -0.3 is 5.73 Å². The third-order valence-corrected chi connectivity index (χ3v) is 4.13. The van der Waals surface area contributed by atoms with Crippen LogP contribution in [-0.4, -0.2) is 21.0 Å². The lowest BCUT2D eigenvalue weighted by molar-refractivity contribution is 0.105. The zero-order valence-electron chi connectivity index (χ0n) is 13.9. The van der Waals surface area contributed by atoms with Gasteiger partial charge in [0.05, 0.1) is 17.4 Å². The van der Waals surface area contributed by atoms with Crippen molar-refractivity contribution in [2.75, 3.05) is 5.73 Å². The van der Waals surface area contributed by atoms with Crippen molar-refractivity contribution >= 4 is 34.0 Å². The lowest BCUT2D eigenvalue weighted by Gasteiger charge is -2.09. The highest BCUT2D eigenvalue weighted by Gasteiger charge is 2.16. The smallest absolute Gasteiger partial charge is 0.193 e. The molecule has 5 heteroatoms. The highest BCUT2D eigenvalue weighted by atomic mass is 16.1. The zero-order valence-corrected chi connectivity index (χ0v) is 13.9. The Morgan fingerprint density at radius 2 is 1.92 bits per heavy atom. The molecule has 2 aromatic carbocycles. The van der Waals surface area contributed by atoms with Crippen LogP contribution in [0.5, 0.6) is 0 Å². The first kappa shape index (κ1) is 15.8. The van der Waals surface area contributed by atoms with Crippen LogP contribution in [0.1, 0.15) is 21.6 Å². The lowest BCUT2D eigenvalue weighted by atomic mass is 9.95. The fraction of sp³-hybridized carbons (Fsp3) is 0. The zero-order chi connectivity index (χ0) is 17.9. The van der Waals surface area contributed by atoms with Crippen LogP contribution in [0, 0.1) is 0 Å². The van der Waals surface area contributed by atoms with Crippen molar-refractivity contribution in [1.82, 2.24) is 15.2 Å². The van der Waals surface area contributed by atoms with E-state index >= 15 is 0 Å². The Bertz CT molecular complexity index is 1110. The third kappa shape index (κ3) is 3.10. The third-order valence-electron chi connectivity index (χ3n) is 4.13. The summed E-state index contributed by atoms with van der Waals surface area (Å²) < 4.78 is 0. The molecule has 0 amide bonds. The number of benzene rings is 2. The molecule has 5 nitrogen and oxygen atoms in total. The summed E-state index contributed by atoms with van der Waals surface area (Å²) in [5.41, 5.74) is 9.86. The van der Waals surface area contributed by atoms with Crippen LogP contribution < -0.4 is 5.73 Å². The number of fused-ring (bicyclic) bond motifs is 1. The summed E-state index contributed by atoms with van der Waals surface area (Å²) in [6, 6.07) is 18.3. The molecule has 0 saturated carbocycles. The fourth-order valence-corrected chi connectivity index (χ4v) is 2.83. The monoisotopic (exact) mass is 340 g/mol. The number of hydrogen-bond donors (Lipinski definition) is 2. The van der Waals surface area contributed by atoms with E-state index in [1.807, 2.05) is 36.4 Å². The standard InChI is InChI=1S/C21H16N4O/c22-17-5-3-4-15(10-17)21(26)19(12-18-6-1-2-9-23-18)14-7-8-16-13-24-25-20(16)11-14/h1-13H,22H2,(H,24,25). The molecule has 2 aromatic heterocycles. The van der Waals surface area contributed by atoms with Gasteiger partial charge in [-0.15, -0.1) is 0 Å². The van der Waals surface area contributed by atoms with E-state index < -0.39 is 0 Å². The summed E-state index contributed by atoms with van der Waals surface area (Å²) in [5, 5.41) is 7.97. The van der Waals surface area contributed by atoms with E-state index in [1.165, 1.54) is 0 Å². The van der Waals surface area contributed by atoms with Crippen LogP contribution in [0.25, 0.3) is 22.6 Å². The van der Waals surface area contributed by atoms with Crippen LogP contribution >= 0.6 is 0 Å². The average Bonchev–Trinajstić information content (AvgIpc) is 3.14. The molecule has 26 heavy (non-hydrogen) atoms. The average molecular weight is 340 g/mol. The number of ketones is 1. The topological polar surface area (TPSA) is 84.7 Å². The minimum atomic E-state index is -0.109. The van der Waals surface area contributed by atoms with Crippen LogP contribution in [0.4, 0.5) is 5.69 Å². The molecular weight excluding hydrogens is 324 g/mol. The second-order valence-electron chi connectivity index (χ2n) is 5.94. The Labute approximate surface area is 150 Å². The molecule has 0 spiro atoms. The number of aromatic amines is 1. The van der Waals surface area contributed by atoms with Gasteiger partial charge in [-0.2, -0.15) is 5.10 Å². The number of Topliss-reactive ketones (excluding diaryl/α,β-unsaturated/α-hetero) is 1. The number of pyridine rings is 1. The number of nitrogens with two attached hydrogens (primary N) is 1. The molecule has 4 aromatic rings. The minimum Gasteiger partial charge on any atom is -0.399 e. The first-order chi connectivity index (χ1) is 12.7. The maximum atomic E-state index is 13.2. The van der Waals surface area contributed by atoms with E-state index in [0.717, 1.165) is 16.5 Å². The van der Waals surface area contributed by atoms with Crippen molar-refractivity contribution in [2.24, 2.45) is 0 Å². The number of nitrogens with zero attached hydrogens (tertiary/aromatic N) is 2. The second-order valence-corrected chi connectivity index (χ2v) is 5.94. The first-order valence-electron chi connectivity index (χ1n) is 8.17. The van der Waals surface area contributed by atoms with Crippen molar-refractivity contribution in [1.29, 1.82) is 0 Å². The molecule has 0 bridgehead atoms. The second kappa shape index (κ2) is 6.64. The van der Waals surface area contributed by atoms with Crippen molar-refractivity contribution in [3.8, 4) is 0 Å². The number of anilines is 1. The highest BCUT2D eigenvalue weighted by molar-refractivity contribution is 6.32. The maximum Gasteiger partial charge on any atom is 0.193 e. The van der Waals surface area contributed by atoms with Gasteiger partial charge >= 0.3 is 0 Å². The van der Waals surface area contributed by atoms with E-state index in [0.29, 0.717) is 22.5 Å². The molecule has 0 aliphatic heterocycles. The first-order valence-corrected chi connectivity index (χ1v) is 8.17. The van der Waals surface area contributed by atoms with Crippen LogP contribution in [0.15, 0.2) is 73.1 Å². The van der Waals surface area contributed by atoms with E-state index in [4.69, 9.17) is 5.73 Å². The highest BCUT2D eigenvalue weighted by Crippen LogP contribution is 2.26. The number of H-pyrrole nitrogens is 1. The van der Waals surface area contributed by atoms with Gasteiger partial charge in [0.15, 0.2) is 5.78 Å². The van der Waals surface area contributed by atoms with Gasteiger partial charge in [-0.25, -0.2) is 0 Å². The summed E-state index contributed by atoms with van der Waals surface area (Å²) in [6.07, 6.45) is 5.25. The number of nitrogens with one attached hydrogen (secondary N) is 1. The minimum absolute atomic E-state index is 0.109. The van der Waals surface area contributed by atoms with Crippen molar-refractivity contribution < 1.29 is 4.79 Å². The molecular formula is C21H16N4O. The SMILES string of the molecule is Nc1cccc(C(=O)C(=Cc2ccccn2)c2ccc3cn[nH]c3c2)c1. The Hall–Kier alpha value is -3.73. The number of nitrogen functional groups attached to an aromatic ring is 1. The largest absolute Gasteiger partial charge is 0.399 e. The van der Waals surface area contributed by atoms with Gasteiger partial charge in [-0.3, -0.25) is 14.9 Å². The normalized spacial score (nSPS) is 11.6. The summed E-state index contributed by atoms with van der Waals surface area (Å²) in [6.45, 7) is 0. The molecule has 2 heterocycles. The van der Waals surface area contributed by atoms with E-state index in [9.17, 15) is 4.79 Å². The molecule has 0 aliphatic rings. The Morgan fingerprint density at radius 3 is 2.73 bits per heavy atom. The quantitative estimate of drug-likeness (QED) is 0.334. The number of allylic oxidation sites excluding steroid dienone is 1. The molecule has 0 saturated heterocycles. The fourth-order valence-electron chi connectivity index (χ4n) is 2.83. The Morgan fingerprint density at radius 1 is 1.00 bits per heavy atom. The number of hydrogen-bond acceptors (Lipinski definition) is 4. The van der Waals surface area contributed by atoms with Gasteiger partial charge in [0.25, 0.3) is 0 Å². The number of rotatable bonds is 4. The van der Waals surface area contributed by atoms with Crippen LogP contribution in [0.2, 0.25) is 0 Å². The number of aromatic nitrogens is 3. The van der Waals surface area contributed by atoms with Crippen molar-refractivity contribution in [2.45, 2.75) is 0 Å². The van der Waals surface area contributed by atoms with Crippen LogP contribution in [-0.2, 0) is 0 Å². The molecule has 0 fully saturated rings. The summed E-state index contributed by atoms with van der Waals surface area (Å²) in [5.74, 6) is -0.109.